The monoisotopic (exact) mass is 329 g/mol. The number of fused-ring (bicyclic) bond motifs is 1. The van der Waals surface area contributed by atoms with Crippen LogP contribution in [0, 0.1) is 6.92 Å². The maximum absolute atomic E-state index is 13.0. The predicted molar refractivity (Wildman–Crippen MR) is 88.5 cm³/mol. The number of rotatable bonds is 2. The van der Waals surface area contributed by atoms with Crippen LogP contribution in [-0.4, -0.2) is 46.1 Å². The summed E-state index contributed by atoms with van der Waals surface area (Å²) in [7, 11) is 0. The fraction of sp³-hybridized carbons (Fsp3) is 0.471. The molecule has 0 radical (unpaired) electrons. The van der Waals surface area contributed by atoms with Crippen LogP contribution in [0.5, 0.6) is 0 Å². The first-order valence-corrected chi connectivity index (χ1v) is 8.87. The van der Waals surface area contributed by atoms with E-state index in [4.69, 9.17) is 4.74 Å². The molecule has 2 aliphatic rings. The quantitative estimate of drug-likeness (QED) is 0.850. The van der Waals surface area contributed by atoms with Crippen LogP contribution < -0.4 is 0 Å². The molecule has 0 unspecified atom stereocenters. The van der Waals surface area contributed by atoms with Crippen molar-refractivity contribution < 1.29 is 9.53 Å². The predicted octanol–water partition coefficient (Wildman–Crippen LogP) is 2.91. The van der Waals surface area contributed by atoms with Crippen LogP contribution in [-0.2, 0) is 4.74 Å². The summed E-state index contributed by atoms with van der Waals surface area (Å²) in [6.07, 6.45) is 5.21. The number of nitrogens with zero attached hydrogens (tertiary/aromatic N) is 3. The average Bonchev–Trinajstić information content (AvgIpc) is 3.21. The number of ether oxygens (including phenoxy) is 1. The highest BCUT2D eigenvalue weighted by molar-refractivity contribution is 7.17. The van der Waals surface area contributed by atoms with E-state index in [1.54, 1.807) is 6.20 Å². The first-order chi connectivity index (χ1) is 11.2. The zero-order valence-electron chi connectivity index (χ0n) is 13.1. The number of carbonyl (C=O) groups is 1. The Labute approximate surface area is 139 Å². The first kappa shape index (κ1) is 14.8. The molecule has 5 nitrogen and oxygen atoms in total. The Hall–Kier alpha value is -1.79. The van der Waals surface area contributed by atoms with Crippen LogP contribution in [0.1, 0.15) is 34.6 Å². The Morgan fingerprint density at radius 2 is 2.30 bits per heavy atom. The molecule has 1 aliphatic carbocycles. The second-order valence-electron chi connectivity index (χ2n) is 6.05. The molecular formula is C17H19N3O2S. The van der Waals surface area contributed by atoms with Gasteiger partial charge in [0.15, 0.2) is 0 Å². The Kier molecular flexibility index (Phi) is 3.87. The van der Waals surface area contributed by atoms with Crippen LogP contribution in [0.15, 0.2) is 24.4 Å². The van der Waals surface area contributed by atoms with Gasteiger partial charge in [-0.25, -0.2) is 4.98 Å². The van der Waals surface area contributed by atoms with E-state index in [1.807, 2.05) is 30.0 Å². The normalized spacial score (nSPS) is 23.8. The van der Waals surface area contributed by atoms with Crippen molar-refractivity contribution >= 4 is 17.2 Å². The topological polar surface area (TPSA) is 55.3 Å². The Morgan fingerprint density at radius 1 is 1.39 bits per heavy atom. The van der Waals surface area contributed by atoms with Crippen LogP contribution >= 0.6 is 11.3 Å². The number of aromatic nitrogens is 2. The minimum atomic E-state index is 0.0994. The largest absolute Gasteiger partial charge is 0.374 e. The highest BCUT2D eigenvalue weighted by Crippen LogP contribution is 2.33. The SMILES string of the molecule is Cc1nc(-c2ccccn2)sc1C(=O)N1CCO[C@@H]2CCC[C@@H]21. The number of carbonyl (C=O) groups excluding carboxylic acids is 1. The van der Waals surface area contributed by atoms with Crippen LogP contribution in [0.25, 0.3) is 10.7 Å². The molecule has 0 N–H and O–H groups in total. The summed E-state index contributed by atoms with van der Waals surface area (Å²) in [6.45, 7) is 3.22. The van der Waals surface area contributed by atoms with Crippen molar-refractivity contribution in [2.75, 3.05) is 13.2 Å². The van der Waals surface area contributed by atoms with Gasteiger partial charge < -0.3 is 9.64 Å². The molecule has 0 aromatic carbocycles. The first-order valence-electron chi connectivity index (χ1n) is 8.05. The molecule has 6 heteroatoms. The number of aryl methyl sites for hydroxylation is 1. The summed E-state index contributed by atoms with van der Waals surface area (Å²) in [6, 6.07) is 5.97. The van der Waals surface area contributed by atoms with Gasteiger partial charge in [0.05, 0.1) is 30.1 Å². The molecule has 4 rings (SSSR count). The molecule has 23 heavy (non-hydrogen) atoms. The van der Waals surface area contributed by atoms with Crippen molar-refractivity contribution in [2.45, 2.75) is 38.3 Å². The third-order valence-corrected chi connectivity index (χ3v) is 5.79. The average molecular weight is 329 g/mol. The maximum atomic E-state index is 13.0. The van der Waals surface area contributed by atoms with E-state index in [-0.39, 0.29) is 18.1 Å². The van der Waals surface area contributed by atoms with E-state index in [2.05, 4.69) is 9.97 Å². The van der Waals surface area contributed by atoms with Gasteiger partial charge in [-0.2, -0.15) is 0 Å². The minimum Gasteiger partial charge on any atom is -0.374 e. The van der Waals surface area contributed by atoms with Crippen LogP contribution in [0.2, 0.25) is 0 Å². The summed E-state index contributed by atoms with van der Waals surface area (Å²) >= 11 is 1.44. The van der Waals surface area contributed by atoms with Gasteiger partial charge in [0.1, 0.15) is 9.88 Å². The molecule has 2 fully saturated rings. The van der Waals surface area contributed by atoms with Gasteiger partial charge in [0, 0.05) is 12.7 Å². The molecule has 0 bridgehead atoms. The molecule has 1 aliphatic heterocycles. The number of thiazole rings is 1. The number of hydrogen-bond donors (Lipinski definition) is 0. The molecule has 1 amide bonds. The van der Waals surface area contributed by atoms with Crippen molar-refractivity contribution in [1.29, 1.82) is 0 Å². The van der Waals surface area contributed by atoms with Crippen molar-refractivity contribution in [3.05, 3.63) is 35.0 Å². The lowest BCUT2D eigenvalue weighted by Gasteiger charge is -2.37. The second-order valence-corrected chi connectivity index (χ2v) is 7.05. The number of morpholine rings is 1. The standard InChI is InChI=1S/C17H19N3O2S/c1-11-15(23-16(19-11)12-5-2-3-8-18-12)17(21)20-9-10-22-14-7-4-6-13(14)20/h2-3,5,8,13-14H,4,6-7,9-10H2,1H3/t13-,14+/m0/s1. The van der Waals surface area contributed by atoms with E-state index in [0.717, 1.165) is 40.5 Å². The van der Waals surface area contributed by atoms with Crippen LogP contribution in [0.3, 0.4) is 0 Å². The number of pyridine rings is 1. The molecular weight excluding hydrogens is 310 g/mol. The van der Waals surface area contributed by atoms with E-state index >= 15 is 0 Å². The van der Waals surface area contributed by atoms with E-state index in [1.165, 1.54) is 11.3 Å². The van der Waals surface area contributed by atoms with Crippen molar-refractivity contribution in [2.24, 2.45) is 0 Å². The zero-order valence-corrected chi connectivity index (χ0v) is 13.9. The lowest BCUT2D eigenvalue weighted by atomic mass is 10.1. The van der Waals surface area contributed by atoms with Crippen molar-refractivity contribution in [1.82, 2.24) is 14.9 Å². The van der Waals surface area contributed by atoms with E-state index < -0.39 is 0 Å². The Balaban J connectivity index is 1.62. The molecule has 1 saturated heterocycles. The zero-order chi connectivity index (χ0) is 15.8. The third kappa shape index (κ3) is 2.66. The fourth-order valence-corrected chi connectivity index (χ4v) is 4.50. The van der Waals surface area contributed by atoms with Gasteiger partial charge in [-0.15, -0.1) is 11.3 Å². The lowest BCUT2D eigenvalue weighted by molar-refractivity contribution is -0.0444. The van der Waals surface area contributed by atoms with E-state index in [0.29, 0.717) is 13.2 Å². The molecule has 2 aromatic heterocycles. The van der Waals surface area contributed by atoms with Gasteiger partial charge in [-0.3, -0.25) is 9.78 Å². The highest BCUT2D eigenvalue weighted by Gasteiger charge is 2.39. The van der Waals surface area contributed by atoms with Gasteiger partial charge in [-0.1, -0.05) is 6.07 Å². The van der Waals surface area contributed by atoms with Crippen LogP contribution in [0.4, 0.5) is 0 Å². The summed E-state index contributed by atoms with van der Waals surface area (Å²) in [4.78, 5) is 24.7. The van der Waals surface area contributed by atoms with Gasteiger partial charge >= 0.3 is 0 Å². The smallest absolute Gasteiger partial charge is 0.266 e. The van der Waals surface area contributed by atoms with Gasteiger partial charge in [0.2, 0.25) is 0 Å². The lowest BCUT2D eigenvalue weighted by Crippen LogP contribution is -2.51. The molecule has 0 spiro atoms. The second kappa shape index (κ2) is 6.02. The highest BCUT2D eigenvalue weighted by atomic mass is 32.1. The molecule has 2 atom stereocenters. The summed E-state index contributed by atoms with van der Waals surface area (Å²) in [5.74, 6) is 0.0994. The van der Waals surface area contributed by atoms with Gasteiger partial charge in [0.25, 0.3) is 5.91 Å². The summed E-state index contributed by atoms with van der Waals surface area (Å²) in [5, 5.41) is 0.808. The molecule has 1 saturated carbocycles. The third-order valence-electron chi connectivity index (χ3n) is 4.62. The summed E-state index contributed by atoms with van der Waals surface area (Å²) in [5.41, 5.74) is 1.61. The van der Waals surface area contributed by atoms with Crippen molar-refractivity contribution in [3.63, 3.8) is 0 Å². The molecule has 120 valence electrons. The number of hydrogen-bond acceptors (Lipinski definition) is 5. The fourth-order valence-electron chi connectivity index (χ4n) is 3.50. The maximum Gasteiger partial charge on any atom is 0.266 e. The van der Waals surface area contributed by atoms with Crippen molar-refractivity contribution in [3.8, 4) is 10.7 Å². The minimum absolute atomic E-state index is 0.0994. The number of amides is 1. The summed E-state index contributed by atoms with van der Waals surface area (Å²) < 4.78 is 5.81. The Morgan fingerprint density at radius 3 is 3.13 bits per heavy atom. The molecule has 2 aromatic rings. The molecule has 3 heterocycles. The van der Waals surface area contributed by atoms with Gasteiger partial charge in [-0.05, 0) is 38.3 Å². The Bertz CT molecular complexity index is 716. The van der Waals surface area contributed by atoms with E-state index in [9.17, 15) is 4.79 Å².